The maximum Gasteiger partial charge on any atom is 0.264 e. The van der Waals surface area contributed by atoms with Crippen molar-refractivity contribution in [2.45, 2.75) is 75.5 Å². The predicted octanol–water partition coefficient (Wildman–Crippen LogP) is 7.04. The number of nitrogens with zero attached hydrogens (tertiary/aromatic N) is 5. The van der Waals surface area contributed by atoms with Crippen LogP contribution in [0.2, 0.25) is 23.7 Å². The van der Waals surface area contributed by atoms with Crippen molar-refractivity contribution in [3.05, 3.63) is 131 Å². The number of halogens is 1. The molecule has 2 amide bonds. The molecule has 0 saturated carbocycles. The van der Waals surface area contributed by atoms with Crippen molar-refractivity contribution >= 4 is 48.1 Å². The average molecular weight is 790 g/mol. The molecule has 3 aliphatic rings. The van der Waals surface area contributed by atoms with Crippen molar-refractivity contribution in [1.29, 1.82) is 0 Å². The fraction of sp³-hybridized carbons (Fsp3) is 0.364. The number of hydrogen-bond donors (Lipinski definition) is 1. The Kier molecular flexibility index (Phi) is 10.4. The summed E-state index contributed by atoms with van der Waals surface area (Å²) in [6.45, 7) is 8.42. The van der Waals surface area contributed by atoms with Crippen LogP contribution in [0.3, 0.4) is 0 Å². The van der Waals surface area contributed by atoms with E-state index in [0.717, 1.165) is 46.8 Å². The molecule has 2 fully saturated rings. The van der Waals surface area contributed by atoms with Gasteiger partial charge in [-0.15, -0.1) is 5.10 Å². The third kappa shape index (κ3) is 6.64. The number of aryl methyl sites for hydroxylation is 1. The number of anilines is 2. The molecule has 5 aromatic rings. The van der Waals surface area contributed by atoms with E-state index in [-0.39, 0.29) is 41.9 Å². The minimum absolute atomic E-state index is 0.0291. The van der Waals surface area contributed by atoms with E-state index in [2.05, 4.69) is 42.5 Å². The fourth-order valence-electron chi connectivity index (χ4n) is 9.49. The normalized spacial score (nSPS) is 22.6. The summed E-state index contributed by atoms with van der Waals surface area (Å²) in [5, 5.41) is 21.1. The smallest absolute Gasteiger partial charge is 0.264 e. The monoisotopic (exact) mass is 789 g/mol. The summed E-state index contributed by atoms with van der Waals surface area (Å²) in [5.41, 5.74) is 3.88. The van der Waals surface area contributed by atoms with E-state index in [4.69, 9.17) is 21.1 Å². The number of amides is 2. The van der Waals surface area contributed by atoms with E-state index in [1.807, 2.05) is 106 Å². The lowest BCUT2D eigenvalue weighted by molar-refractivity contribution is -0.146. The number of hydrogen-bond acceptors (Lipinski definition) is 7. The van der Waals surface area contributed by atoms with Crippen LogP contribution in [0, 0.1) is 5.92 Å². The Labute approximate surface area is 334 Å². The number of carbonyl (C=O) groups is 2. The molecule has 8 rings (SSSR count). The molecule has 56 heavy (non-hydrogen) atoms. The van der Waals surface area contributed by atoms with Gasteiger partial charge in [-0.3, -0.25) is 14.3 Å². The molecule has 0 aliphatic carbocycles. The Hall–Kier alpha value is -4.81. The number of aromatic nitrogens is 3. The van der Waals surface area contributed by atoms with Gasteiger partial charge in [-0.05, 0) is 72.0 Å². The number of carbonyl (C=O) groups excluding carboxylic acids is 2. The topological polar surface area (TPSA) is 110 Å². The lowest BCUT2D eigenvalue weighted by Crippen LogP contribution is -2.51. The van der Waals surface area contributed by atoms with E-state index >= 15 is 4.79 Å². The number of rotatable bonds is 12. The molecule has 1 unspecified atom stereocenters. The Morgan fingerprint density at radius 2 is 1.77 bits per heavy atom. The summed E-state index contributed by atoms with van der Waals surface area (Å²) in [4.78, 5) is 31.3. The van der Waals surface area contributed by atoms with Gasteiger partial charge in [-0.1, -0.05) is 96.6 Å². The molecule has 4 aromatic carbocycles. The average Bonchev–Trinajstić information content (AvgIpc) is 3.98. The van der Waals surface area contributed by atoms with Gasteiger partial charge >= 0.3 is 0 Å². The van der Waals surface area contributed by atoms with Gasteiger partial charge in [0.1, 0.15) is 5.75 Å². The lowest BCUT2D eigenvalue weighted by Gasteiger charge is -2.37. The summed E-state index contributed by atoms with van der Waals surface area (Å²) < 4.78 is 14.7. The second kappa shape index (κ2) is 15.3. The molecule has 12 heteroatoms. The van der Waals surface area contributed by atoms with Crippen LogP contribution < -0.4 is 19.7 Å². The highest BCUT2D eigenvalue weighted by atomic mass is 35.5. The lowest BCUT2D eigenvalue weighted by atomic mass is 9.82. The van der Waals surface area contributed by atoms with Crippen LogP contribution in [0.5, 0.6) is 5.75 Å². The first-order valence-electron chi connectivity index (χ1n) is 19.4. The molecular weight excluding hydrogens is 742 g/mol. The van der Waals surface area contributed by atoms with E-state index in [1.54, 1.807) is 7.11 Å². The highest BCUT2D eigenvalue weighted by Crippen LogP contribution is 2.60. The standard InChI is InChI=1S/C44H48ClN5O5Si/c1-29-42(56(3,4)35-19-17-34(54-2)18-20-35)40(22-24-48-27-38(46-47-48)36(28-51)31-9-6-5-7-10-31)55-44(29)37-25-32(45)14-21-39(37)50(43(44)53)26-30-12-15-33(16-13-30)49-23-8-11-41(49)52/h5-7,9-10,12-21,25,27,29,36,40,42,51H,8,11,22-24,26,28H2,1-4H3/t29-,36?,40+,42-,44+/m0/s1. The number of aliphatic hydroxyl groups is 1. The van der Waals surface area contributed by atoms with Gasteiger partial charge in [-0.2, -0.15) is 0 Å². The molecule has 290 valence electrons. The van der Waals surface area contributed by atoms with Crippen LogP contribution in [0.25, 0.3) is 0 Å². The quantitative estimate of drug-likeness (QED) is 0.135. The van der Waals surface area contributed by atoms with Crippen molar-refractivity contribution in [3.8, 4) is 5.75 Å². The summed E-state index contributed by atoms with van der Waals surface area (Å²) in [6.07, 6.45) is 3.65. The van der Waals surface area contributed by atoms with Gasteiger partial charge in [0.25, 0.3) is 5.91 Å². The third-order valence-electron chi connectivity index (χ3n) is 12.4. The highest BCUT2D eigenvalue weighted by molar-refractivity contribution is 6.91. The Balaban J connectivity index is 1.13. The van der Waals surface area contributed by atoms with Crippen LogP contribution >= 0.6 is 11.6 Å². The maximum absolute atomic E-state index is 15.2. The fourth-order valence-corrected chi connectivity index (χ4v) is 13.7. The molecule has 1 spiro atoms. The van der Waals surface area contributed by atoms with Crippen LogP contribution in [-0.4, -0.2) is 66.4 Å². The van der Waals surface area contributed by atoms with E-state index < -0.39 is 13.7 Å². The van der Waals surface area contributed by atoms with Gasteiger partial charge in [0.15, 0.2) is 5.60 Å². The second-order valence-electron chi connectivity index (χ2n) is 15.9. The Morgan fingerprint density at radius 1 is 1.02 bits per heavy atom. The van der Waals surface area contributed by atoms with Crippen molar-refractivity contribution in [1.82, 2.24) is 15.0 Å². The van der Waals surface area contributed by atoms with Crippen molar-refractivity contribution < 1.29 is 24.2 Å². The number of ether oxygens (including phenoxy) is 2. The minimum Gasteiger partial charge on any atom is -0.497 e. The predicted molar refractivity (Wildman–Crippen MR) is 220 cm³/mol. The summed E-state index contributed by atoms with van der Waals surface area (Å²) in [6, 6.07) is 31.8. The molecule has 2 saturated heterocycles. The molecule has 4 heterocycles. The molecule has 5 atom stereocenters. The summed E-state index contributed by atoms with van der Waals surface area (Å²) in [5.74, 6) is 0.365. The van der Waals surface area contributed by atoms with Gasteiger partial charge in [0.2, 0.25) is 5.91 Å². The van der Waals surface area contributed by atoms with Crippen LogP contribution in [0.1, 0.15) is 54.5 Å². The molecular formula is C44H48ClN5O5Si. The number of methoxy groups -OCH3 is 1. The first-order chi connectivity index (χ1) is 27.0. The molecule has 1 aromatic heterocycles. The zero-order valence-electron chi connectivity index (χ0n) is 32.3. The van der Waals surface area contributed by atoms with Crippen LogP contribution in [0.15, 0.2) is 103 Å². The van der Waals surface area contributed by atoms with Crippen LogP contribution in [0.4, 0.5) is 11.4 Å². The van der Waals surface area contributed by atoms with Crippen molar-refractivity contribution in [2.75, 3.05) is 30.1 Å². The minimum atomic E-state index is -2.38. The molecule has 0 radical (unpaired) electrons. The second-order valence-corrected chi connectivity index (χ2v) is 21.0. The largest absolute Gasteiger partial charge is 0.497 e. The van der Waals surface area contributed by atoms with E-state index in [1.165, 1.54) is 5.19 Å². The van der Waals surface area contributed by atoms with E-state index in [0.29, 0.717) is 36.6 Å². The zero-order chi connectivity index (χ0) is 39.2. The molecule has 3 aliphatic heterocycles. The summed E-state index contributed by atoms with van der Waals surface area (Å²) in [7, 11) is -0.711. The third-order valence-corrected chi connectivity index (χ3v) is 17.0. The molecule has 1 N–H and O–H groups in total. The maximum atomic E-state index is 15.2. The highest BCUT2D eigenvalue weighted by Gasteiger charge is 2.66. The van der Waals surface area contributed by atoms with Crippen LogP contribution in [-0.2, 0) is 33.0 Å². The van der Waals surface area contributed by atoms with Crippen molar-refractivity contribution in [3.63, 3.8) is 0 Å². The first kappa shape index (κ1) is 38.1. The zero-order valence-corrected chi connectivity index (χ0v) is 34.0. The number of aliphatic hydroxyl groups excluding tert-OH is 1. The van der Waals surface area contributed by atoms with E-state index in [9.17, 15) is 9.90 Å². The first-order valence-corrected chi connectivity index (χ1v) is 22.9. The SMILES string of the molecule is COc1ccc([Si](C)(C)[C@@H]2[C@@H](CCn3cc(C(CO)c4ccccc4)nn3)O[C@]3(C(=O)N(Cc4ccc(N5CCCC5=O)cc4)c4ccc(Cl)cc43)[C@H]2C)cc1. The molecule has 10 nitrogen and oxygen atoms in total. The van der Waals surface area contributed by atoms with Gasteiger partial charge in [0, 0.05) is 47.9 Å². The molecule has 0 bridgehead atoms. The number of benzene rings is 4. The van der Waals surface area contributed by atoms with Gasteiger partial charge in [0.05, 0.1) is 51.7 Å². The van der Waals surface area contributed by atoms with Gasteiger partial charge in [-0.25, -0.2) is 0 Å². The Morgan fingerprint density at radius 3 is 2.45 bits per heavy atom. The number of fused-ring (bicyclic) bond motifs is 2. The van der Waals surface area contributed by atoms with Gasteiger partial charge < -0.3 is 24.4 Å². The Bertz CT molecular complexity index is 2220. The van der Waals surface area contributed by atoms with Crippen molar-refractivity contribution in [2.24, 2.45) is 5.92 Å². The summed E-state index contributed by atoms with van der Waals surface area (Å²) >= 11 is 6.74.